The summed E-state index contributed by atoms with van der Waals surface area (Å²) in [6, 6.07) is 2.01. The zero-order valence-electron chi connectivity index (χ0n) is 8.84. The van der Waals surface area contributed by atoms with Crippen LogP contribution in [0.2, 0.25) is 0 Å². The molecule has 0 spiro atoms. The Hall–Kier alpha value is -1.04. The van der Waals surface area contributed by atoms with E-state index in [0.29, 0.717) is 6.42 Å². The number of carboxylic acids is 1. The van der Waals surface area contributed by atoms with Crippen LogP contribution >= 0.6 is 0 Å². The Morgan fingerprint density at radius 1 is 1.43 bits per heavy atom. The lowest BCUT2D eigenvalue weighted by Gasteiger charge is -2.16. The first-order valence-electron chi connectivity index (χ1n) is 5.23. The molecule has 1 aliphatic carbocycles. The Morgan fingerprint density at radius 3 is 2.14 bits per heavy atom. The average Bonchev–Trinajstić information content (AvgIpc) is 2.76. The minimum absolute atomic E-state index is 0.225. The maximum Gasteiger partial charge on any atom is 0.324 e. The second-order valence-electron chi connectivity index (χ2n) is 4.28. The standard InChI is InChI=1S/C11H17NO2/c1-3-5-10(6-4-2)7-11(10,8-12)9(13)14/h3-7H2,1-2H3,(H,13,14). The van der Waals surface area contributed by atoms with Crippen LogP contribution in [0.25, 0.3) is 0 Å². The van der Waals surface area contributed by atoms with E-state index in [9.17, 15) is 4.79 Å². The molecule has 1 aliphatic rings. The zero-order chi connectivity index (χ0) is 10.8. The van der Waals surface area contributed by atoms with Gasteiger partial charge < -0.3 is 5.11 Å². The highest BCUT2D eigenvalue weighted by Crippen LogP contribution is 2.68. The fraction of sp³-hybridized carbons (Fsp3) is 0.818. The second-order valence-corrected chi connectivity index (χ2v) is 4.28. The van der Waals surface area contributed by atoms with Crippen LogP contribution in [0.4, 0.5) is 0 Å². The molecule has 14 heavy (non-hydrogen) atoms. The molecule has 0 aliphatic heterocycles. The molecule has 0 radical (unpaired) electrons. The SMILES string of the molecule is CCCC1(CCC)CC1(C#N)C(=O)O. The quantitative estimate of drug-likeness (QED) is 0.733. The minimum atomic E-state index is -1.07. The Labute approximate surface area is 84.7 Å². The number of carbonyl (C=O) groups is 1. The van der Waals surface area contributed by atoms with Crippen LogP contribution in [-0.4, -0.2) is 11.1 Å². The highest BCUT2D eigenvalue weighted by atomic mass is 16.4. The molecule has 1 saturated carbocycles. The Morgan fingerprint density at radius 2 is 1.93 bits per heavy atom. The number of hydrogen-bond donors (Lipinski definition) is 1. The molecule has 78 valence electrons. The summed E-state index contributed by atoms with van der Waals surface area (Å²) in [6.07, 6.45) is 4.18. The van der Waals surface area contributed by atoms with Gasteiger partial charge in [-0.2, -0.15) is 5.26 Å². The van der Waals surface area contributed by atoms with Crippen molar-refractivity contribution < 1.29 is 9.90 Å². The third-order valence-electron chi connectivity index (χ3n) is 3.40. The fourth-order valence-electron chi connectivity index (χ4n) is 2.66. The Balaban J connectivity index is 2.86. The molecule has 1 N–H and O–H groups in total. The lowest BCUT2D eigenvalue weighted by Crippen LogP contribution is -2.22. The van der Waals surface area contributed by atoms with Gasteiger partial charge in [-0.1, -0.05) is 26.7 Å². The molecule has 0 aromatic heterocycles. The van der Waals surface area contributed by atoms with Gasteiger partial charge in [0.15, 0.2) is 5.41 Å². The molecule has 0 aromatic rings. The molecule has 1 unspecified atom stereocenters. The first-order valence-corrected chi connectivity index (χ1v) is 5.23. The third-order valence-corrected chi connectivity index (χ3v) is 3.40. The lowest BCUT2D eigenvalue weighted by atomic mass is 9.85. The number of carboxylic acid groups (broad SMARTS) is 1. The molecular weight excluding hydrogens is 178 g/mol. The van der Waals surface area contributed by atoms with E-state index in [1.54, 1.807) is 0 Å². The van der Waals surface area contributed by atoms with Crippen LogP contribution in [0.15, 0.2) is 0 Å². The van der Waals surface area contributed by atoms with Crippen molar-refractivity contribution in [1.82, 2.24) is 0 Å². The van der Waals surface area contributed by atoms with Crippen molar-refractivity contribution in [3.8, 4) is 6.07 Å². The molecule has 1 rings (SSSR count). The summed E-state index contributed by atoms with van der Waals surface area (Å²) in [6.45, 7) is 4.08. The van der Waals surface area contributed by atoms with E-state index in [2.05, 4.69) is 0 Å². The van der Waals surface area contributed by atoms with Crippen molar-refractivity contribution in [1.29, 1.82) is 5.26 Å². The predicted octanol–water partition coefficient (Wildman–Crippen LogP) is 2.57. The summed E-state index contributed by atoms with van der Waals surface area (Å²) in [7, 11) is 0. The smallest absolute Gasteiger partial charge is 0.324 e. The number of rotatable bonds is 5. The molecule has 3 heteroatoms. The molecule has 1 fully saturated rings. The molecule has 0 saturated heterocycles. The largest absolute Gasteiger partial charge is 0.480 e. The summed E-state index contributed by atoms with van der Waals surface area (Å²) in [5, 5.41) is 18.1. The van der Waals surface area contributed by atoms with Gasteiger partial charge in [-0.05, 0) is 19.3 Å². The van der Waals surface area contributed by atoms with Gasteiger partial charge in [-0.15, -0.1) is 0 Å². The van der Waals surface area contributed by atoms with Gasteiger partial charge in [-0.25, -0.2) is 0 Å². The molecular formula is C11H17NO2. The number of nitriles is 1. The maximum absolute atomic E-state index is 11.1. The van der Waals surface area contributed by atoms with E-state index < -0.39 is 11.4 Å². The lowest BCUT2D eigenvalue weighted by molar-refractivity contribution is -0.142. The molecule has 0 heterocycles. The topological polar surface area (TPSA) is 61.1 Å². The van der Waals surface area contributed by atoms with Crippen molar-refractivity contribution in [3.05, 3.63) is 0 Å². The minimum Gasteiger partial charge on any atom is -0.480 e. The third kappa shape index (κ3) is 1.30. The van der Waals surface area contributed by atoms with Crippen LogP contribution in [0.3, 0.4) is 0 Å². The zero-order valence-corrected chi connectivity index (χ0v) is 8.84. The Kier molecular flexibility index (Phi) is 2.84. The predicted molar refractivity (Wildman–Crippen MR) is 52.5 cm³/mol. The van der Waals surface area contributed by atoms with Gasteiger partial charge in [-0.3, -0.25) is 4.79 Å². The summed E-state index contributed by atoms with van der Waals surface area (Å²) >= 11 is 0. The van der Waals surface area contributed by atoms with E-state index in [4.69, 9.17) is 10.4 Å². The summed E-state index contributed by atoms with van der Waals surface area (Å²) in [4.78, 5) is 11.1. The highest BCUT2D eigenvalue weighted by molar-refractivity contribution is 5.83. The molecule has 0 amide bonds. The van der Waals surface area contributed by atoms with Gasteiger partial charge in [0.2, 0.25) is 0 Å². The number of aliphatic carboxylic acids is 1. The molecule has 0 bridgehead atoms. The molecule has 0 aromatic carbocycles. The normalized spacial score (nSPS) is 28.1. The first-order chi connectivity index (χ1) is 6.58. The van der Waals surface area contributed by atoms with E-state index in [0.717, 1.165) is 25.7 Å². The number of nitrogens with zero attached hydrogens (tertiary/aromatic N) is 1. The van der Waals surface area contributed by atoms with Crippen LogP contribution in [0, 0.1) is 22.2 Å². The number of hydrogen-bond acceptors (Lipinski definition) is 2. The summed E-state index contributed by atoms with van der Waals surface area (Å²) in [5.74, 6) is -0.929. The molecule has 1 atom stereocenters. The second kappa shape index (κ2) is 3.61. The van der Waals surface area contributed by atoms with Crippen molar-refractivity contribution in [2.75, 3.05) is 0 Å². The van der Waals surface area contributed by atoms with E-state index >= 15 is 0 Å². The van der Waals surface area contributed by atoms with Gasteiger partial charge >= 0.3 is 5.97 Å². The Bertz CT molecular complexity index is 274. The van der Waals surface area contributed by atoms with Crippen LogP contribution in [-0.2, 0) is 4.79 Å². The van der Waals surface area contributed by atoms with Gasteiger partial charge in [0.1, 0.15) is 0 Å². The fourth-order valence-corrected chi connectivity index (χ4v) is 2.66. The summed E-state index contributed by atoms with van der Waals surface area (Å²) < 4.78 is 0. The van der Waals surface area contributed by atoms with Crippen LogP contribution in [0.5, 0.6) is 0 Å². The van der Waals surface area contributed by atoms with Crippen molar-refractivity contribution in [2.45, 2.75) is 46.0 Å². The highest BCUT2D eigenvalue weighted by Gasteiger charge is 2.71. The maximum atomic E-state index is 11.1. The first kappa shape index (κ1) is 11.0. The van der Waals surface area contributed by atoms with E-state index in [-0.39, 0.29) is 5.41 Å². The van der Waals surface area contributed by atoms with Crippen LogP contribution in [0.1, 0.15) is 46.0 Å². The summed E-state index contributed by atoms with van der Waals surface area (Å²) in [5.41, 5.74) is -1.30. The molecule has 3 nitrogen and oxygen atoms in total. The monoisotopic (exact) mass is 195 g/mol. The van der Waals surface area contributed by atoms with E-state index in [1.807, 2.05) is 19.9 Å². The van der Waals surface area contributed by atoms with Gasteiger partial charge in [0, 0.05) is 5.41 Å². The van der Waals surface area contributed by atoms with Crippen molar-refractivity contribution >= 4 is 5.97 Å². The van der Waals surface area contributed by atoms with Crippen molar-refractivity contribution in [3.63, 3.8) is 0 Å². The van der Waals surface area contributed by atoms with Crippen molar-refractivity contribution in [2.24, 2.45) is 10.8 Å². The average molecular weight is 195 g/mol. The van der Waals surface area contributed by atoms with Crippen LogP contribution < -0.4 is 0 Å². The van der Waals surface area contributed by atoms with E-state index in [1.165, 1.54) is 0 Å². The van der Waals surface area contributed by atoms with Gasteiger partial charge in [0.05, 0.1) is 6.07 Å². The van der Waals surface area contributed by atoms with Gasteiger partial charge in [0.25, 0.3) is 0 Å².